The van der Waals surface area contributed by atoms with E-state index >= 15 is 0 Å². The van der Waals surface area contributed by atoms with E-state index in [0.717, 1.165) is 59.1 Å². The lowest BCUT2D eigenvalue weighted by Gasteiger charge is -2.59. The van der Waals surface area contributed by atoms with Crippen molar-refractivity contribution in [3.8, 4) is 0 Å². The van der Waals surface area contributed by atoms with Crippen molar-refractivity contribution >= 4 is 22.9 Å². The Kier molecular flexibility index (Phi) is 6.42. The van der Waals surface area contributed by atoms with E-state index < -0.39 is 5.41 Å². The first-order chi connectivity index (χ1) is 19.7. The fourth-order valence-electron chi connectivity index (χ4n) is 9.04. The van der Waals surface area contributed by atoms with Crippen LogP contribution in [0.25, 0.3) is 5.57 Å². The van der Waals surface area contributed by atoms with E-state index in [0.29, 0.717) is 12.0 Å². The zero-order valence-electron chi connectivity index (χ0n) is 26.4. The SMILES string of the molecule is CC(=O)C1=C(C)C[C@@]2(C)C[C@@]3(C)Cc4ccc(CC5=CC(c6ccc(C)cc6)=CC5)c(C)c4C(=O)C3=C(C)[C@@]2(C)C1=O. The first-order valence-corrected chi connectivity index (χ1v) is 15.3. The van der Waals surface area contributed by atoms with Gasteiger partial charge in [-0.25, -0.2) is 0 Å². The quantitative estimate of drug-likeness (QED) is 0.353. The smallest absolute Gasteiger partial charge is 0.190 e. The number of allylic oxidation sites excluding steroid dienone is 8. The van der Waals surface area contributed by atoms with Gasteiger partial charge in [-0.2, -0.15) is 0 Å². The van der Waals surface area contributed by atoms with Crippen molar-refractivity contribution in [2.45, 2.75) is 87.5 Å². The van der Waals surface area contributed by atoms with Crippen LogP contribution in [0.1, 0.15) is 99.0 Å². The number of hydrogen-bond acceptors (Lipinski definition) is 3. The van der Waals surface area contributed by atoms with Crippen LogP contribution < -0.4 is 0 Å². The summed E-state index contributed by atoms with van der Waals surface area (Å²) in [5.74, 6) is -0.211. The highest BCUT2D eigenvalue weighted by Gasteiger charge is 2.63. The van der Waals surface area contributed by atoms with Gasteiger partial charge in [0.15, 0.2) is 17.3 Å². The summed E-state index contributed by atoms with van der Waals surface area (Å²) in [7, 11) is 0. The lowest BCUT2D eigenvalue weighted by molar-refractivity contribution is -0.134. The molecule has 0 fully saturated rings. The van der Waals surface area contributed by atoms with Gasteiger partial charge in [0.1, 0.15) is 0 Å². The van der Waals surface area contributed by atoms with Crippen LogP contribution in [0.4, 0.5) is 0 Å². The van der Waals surface area contributed by atoms with E-state index in [2.05, 4.69) is 76.2 Å². The molecule has 3 heteroatoms. The fraction of sp³-hybridized carbons (Fsp3) is 0.410. The molecule has 0 bridgehead atoms. The van der Waals surface area contributed by atoms with Crippen LogP contribution in [0.15, 0.2) is 76.4 Å². The maximum absolute atomic E-state index is 14.6. The number of carbonyl (C=O) groups excluding carboxylic acids is 3. The van der Waals surface area contributed by atoms with Crippen molar-refractivity contribution in [2.75, 3.05) is 0 Å². The molecule has 0 saturated heterocycles. The molecule has 216 valence electrons. The molecule has 6 rings (SSSR count). The van der Waals surface area contributed by atoms with Gasteiger partial charge in [-0.05, 0) is 107 Å². The minimum Gasteiger partial charge on any atom is -0.294 e. The maximum Gasteiger partial charge on any atom is 0.190 e. The Hall–Kier alpha value is -3.59. The highest BCUT2D eigenvalue weighted by Crippen LogP contribution is 2.66. The van der Waals surface area contributed by atoms with Gasteiger partial charge in [0.25, 0.3) is 0 Å². The molecule has 0 saturated carbocycles. The number of aryl methyl sites for hydroxylation is 1. The highest BCUT2D eigenvalue weighted by atomic mass is 16.2. The van der Waals surface area contributed by atoms with Crippen LogP contribution in [-0.2, 0) is 22.4 Å². The highest BCUT2D eigenvalue weighted by molar-refractivity contribution is 6.24. The summed E-state index contributed by atoms with van der Waals surface area (Å²) in [6, 6.07) is 13.1. The third-order valence-corrected chi connectivity index (χ3v) is 11.3. The number of fused-ring (bicyclic) bond motifs is 3. The van der Waals surface area contributed by atoms with E-state index in [9.17, 15) is 14.4 Å². The van der Waals surface area contributed by atoms with Gasteiger partial charge in [-0.15, -0.1) is 0 Å². The van der Waals surface area contributed by atoms with E-state index in [1.165, 1.54) is 34.8 Å². The normalized spacial score (nSPS) is 28.8. The molecule has 4 aliphatic rings. The Morgan fingerprint density at radius 2 is 1.60 bits per heavy atom. The maximum atomic E-state index is 14.6. The van der Waals surface area contributed by atoms with Crippen LogP contribution in [0, 0.1) is 30.1 Å². The number of rotatable bonds is 4. The second kappa shape index (κ2) is 9.46. The average molecular weight is 559 g/mol. The third kappa shape index (κ3) is 3.96. The molecule has 3 atom stereocenters. The largest absolute Gasteiger partial charge is 0.294 e. The molecule has 42 heavy (non-hydrogen) atoms. The van der Waals surface area contributed by atoms with E-state index in [-0.39, 0.29) is 28.2 Å². The van der Waals surface area contributed by atoms with Crippen LogP contribution in [0.3, 0.4) is 0 Å². The molecule has 0 aliphatic heterocycles. The van der Waals surface area contributed by atoms with Crippen LogP contribution in [-0.4, -0.2) is 17.3 Å². The number of benzene rings is 2. The number of ketones is 3. The monoisotopic (exact) mass is 558 g/mol. The van der Waals surface area contributed by atoms with Crippen molar-refractivity contribution < 1.29 is 14.4 Å². The summed E-state index contributed by atoms with van der Waals surface area (Å²) in [6.45, 7) is 16.0. The second-order valence-corrected chi connectivity index (χ2v) is 14.2. The van der Waals surface area contributed by atoms with E-state index in [4.69, 9.17) is 0 Å². The molecule has 2 aromatic carbocycles. The molecule has 4 aliphatic carbocycles. The first kappa shape index (κ1) is 28.5. The van der Waals surface area contributed by atoms with E-state index in [1.807, 2.05) is 20.8 Å². The molecule has 2 aromatic rings. The molecule has 0 radical (unpaired) electrons. The molecule has 0 aromatic heterocycles. The van der Waals surface area contributed by atoms with Gasteiger partial charge in [0.2, 0.25) is 0 Å². The third-order valence-electron chi connectivity index (χ3n) is 11.3. The first-order valence-electron chi connectivity index (χ1n) is 15.3. The molecular formula is C39H42O3. The minimum atomic E-state index is -0.881. The molecule has 0 unspecified atom stereocenters. The van der Waals surface area contributed by atoms with Crippen molar-refractivity contribution in [1.82, 2.24) is 0 Å². The van der Waals surface area contributed by atoms with Crippen molar-refractivity contribution in [3.05, 3.63) is 110 Å². The van der Waals surface area contributed by atoms with Crippen molar-refractivity contribution in [1.29, 1.82) is 0 Å². The summed E-state index contributed by atoms with van der Waals surface area (Å²) < 4.78 is 0. The zero-order valence-corrected chi connectivity index (χ0v) is 26.4. The summed E-state index contributed by atoms with van der Waals surface area (Å²) >= 11 is 0. The Morgan fingerprint density at radius 3 is 2.26 bits per heavy atom. The summed E-state index contributed by atoms with van der Waals surface area (Å²) in [5.41, 5.74) is 10.6. The predicted molar refractivity (Wildman–Crippen MR) is 169 cm³/mol. The molecule has 0 spiro atoms. The Balaban J connectivity index is 1.39. The predicted octanol–water partition coefficient (Wildman–Crippen LogP) is 8.62. The van der Waals surface area contributed by atoms with Gasteiger partial charge >= 0.3 is 0 Å². The number of hydrogen-bond donors (Lipinski definition) is 0. The standard InChI is InChI=1S/C39H42O3/c1-22-9-12-28(13-10-22)30-14-11-27(18-30)17-29-15-16-31-20-37(6)21-38(7)19-23(2)32(26(5)40)36(42)39(38,8)25(4)34(37)35(41)33(31)24(29)3/h9-10,12-16,18H,11,17,19-21H2,1-8H3/t37-,38+,39+/m1/s1. The van der Waals surface area contributed by atoms with Crippen molar-refractivity contribution in [3.63, 3.8) is 0 Å². The fourth-order valence-corrected chi connectivity index (χ4v) is 9.04. The molecular weight excluding hydrogens is 516 g/mol. The Labute approximate surface area is 250 Å². The van der Waals surface area contributed by atoms with Gasteiger partial charge in [-0.1, -0.05) is 84.7 Å². The number of carbonyl (C=O) groups is 3. The van der Waals surface area contributed by atoms with Gasteiger partial charge in [0, 0.05) is 16.6 Å². The minimum absolute atomic E-state index is 0.0706. The van der Waals surface area contributed by atoms with Gasteiger partial charge in [-0.3, -0.25) is 14.4 Å². The lowest BCUT2D eigenvalue weighted by Crippen LogP contribution is -2.57. The molecule has 0 heterocycles. The average Bonchev–Trinajstić information content (AvgIpc) is 3.36. The Morgan fingerprint density at radius 1 is 0.905 bits per heavy atom. The van der Waals surface area contributed by atoms with Crippen molar-refractivity contribution in [2.24, 2.45) is 16.2 Å². The number of Topliss-reactive ketones (excluding diaryl/α,β-unsaturated/α-hetero) is 3. The molecule has 0 N–H and O–H groups in total. The van der Waals surface area contributed by atoms with Crippen LogP contribution in [0.2, 0.25) is 0 Å². The summed E-state index contributed by atoms with van der Waals surface area (Å²) in [6.07, 6.45) is 8.54. The van der Waals surface area contributed by atoms with E-state index in [1.54, 1.807) is 0 Å². The summed E-state index contributed by atoms with van der Waals surface area (Å²) in [4.78, 5) is 41.3. The topological polar surface area (TPSA) is 51.2 Å². The molecule has 3 nitrogen and oxygen atoms in total. The van der Waals surface area contributed by atoms with Crippen LogP contribution in [0.5, 0.6) is 0 Å². The van der Waals surface area contributed by atoms with Crippen LogP contribution >= 0.6 is 0 Å². The lowest BCUT2D eigenvalue weighted by atomic mass is 9.42. The van der Waals surface area contributed by atoms with Gasteiger partial charge in [0.05, 0.1) is 11.0 Å². The Bertz CT molecular complexity index is 1720. The summed E-state index contributed by atoms with van der Waals surface area (Å²) in [5, 5.41) is 0. The zero-order chi connectivity index (χ0) is 30.4. The van der Waals surface area contributed by atoms with Gasteiger partial charge < -0.3 is 0 Å². The molecule has 0 amide bonds. The second-order valence-electron chi connectivity index (χ2n) is 14.2.